The van der Waals surface area contributed by atoms with E-state index in [9.17, 15) is 9.59 Å². The molecule has 1 aromatic rings. The fraction of sp³-hybridized carbons (Fsp3) is 0.333. The molecule has 0 aliphatic carbocycles. The zero-order valence-corrected chi connectivity index (χ0v) is 10.7. The van der Waals surface area contributed by atoms with E-state index in [-0.39, 0.29) is 5.91 Å². The van der Waals surface area contributed by atoms with Crippen molar-refractivity contribution in [1.82, 2.24) is 5.32 Å². The second-order valence-electron chi connectivity index (χ2n) is 3.84. The zero-order chi connectivity index (χ0) is 14.3. The Morgan fingerprint density at radius 3 is 2.53 bits per heavy atom. The molecule has 19 heavy (non-hydrogen) atoms. The molecule has 0 saturated carbocycles. The van der Waals surface area contributed by atoms with Crippen LogP contribution >= 0.6 is 0 Å². The molecule has 0 aliphatic heterocycles. The fourth-order valence-corrected chi connectivity index (χ4v) is 1.57. The normalized spacial score (nSPS) is 11.1. The molecule has 0 spiro atoms. The summed E-state index contributed by atoms with van der Waals surface area (Å²) < 4.78 is 4.63. The Balaban J connectivity index is 2.80. The van der Waals surface area contributed by atoms with Crippen molar-refractivity contribution in [3.63, 3.8) is 0 Å². The van der Waals surface area contributed by atoms with Gasteiger partial charge in [-0.2, -0.15) is 0 Å². The molecule has 0 fully saturated rings. The van der Waals surface area contributed by atoms with Gasteiger partial charge in [0.15, 0.2) is 0 Å². The first-order valence-electron chi connectivity index (χ1n) is 5.55. The van der Waals surface area contributed by atoms with Gasteiger partial charge in [0.1, 0.15) is 6.04 Å². The summed E-state index contributed by atoms with van der Waals surface area (Å²) >= 11 is 0. The first-order chi connectivity index (χ1) is 9.06. The van der Waals surface area contributed by atoms with Crippen molar-refractivity contribution in [1.29, 1.82) is 0 Å². The molecule has 100 valence electrons. The lowest BCUT2D eigenvalue weighted by atomic mass is 10.1. The van der Waals surface area contributed by atoms with Gasteiger partial charge in [0.2, 0.25) is 5.91 Å². The van der Waals surface area contributed by atoms with Gasteiger partial charge in [-0.15, -0.1) is 0 Å². The molecule has 0 aromatic heterocycles. The Morgan fingerprint density at radius 1 is 1.42 bits per heavy atom. The third-order valence-corrected chi connectivity index (χ3v) is 2.40. The minimum atomic E-state index is -0.729. The van der Waals surface area contributed by atoms with Gasteiger partial charge in [-0.25, -0.2) is 4.79 Å². The number of ether oxygens (including phenoxy) is 1. The Bertz CT molecular complexity index is 506. The summed E-state index contributed by atoms with van der Waals surface area (Å²) in [7, 11) is 1.27. The van der Waals surface area contributed by atoms with Gasteiger partial charge in [-0.1, -0.05) is 29.4 Å². The molecule has 1 N–H and O–H groups in total. The second-order valence-corrected chi connectivity index (χ2v) is 3.84. The van der Waals surface area contributed by atoms with Crippen LogP contribution in [-0.2, 0) is 20.7 Å². The number of azide groups is 1. The molecule has 1 amide bonds. The van der Waals surface area contributed by atoms with Crippen LogP contribution in [0.3, 0.4) is 0 Å². The third kappa shape index (κ3) is 4.69. The van der Waals surface area contributed by atoms with Gasteiger partial charge in [-0.05, 0) is 11.1 Å². The van der Waals surface area contributed by atoms with Crippen LogP contribution in [-0.4, -0.2) is 25.0 Å². The molecule has 0 radical (unpaired) electrons. The van der Waals surface area contributed by atoms with E-state index in [1.54, 1.807) is 24.3 Å². The predicted molar refractivity (Wildman–Crippen MR) is 68.6 cm³/mol. The van der Waals surface area contributed by atoms with E-state index in [0.29, 0.717) is 12.1 Å². The van der Waals surface area contributed by atoms with E-state index in [1.807, 2.05) is 0 Å². The van der Waals surface area contributed by atoms with Gasteiger partial charge in [0, 0.05) is 23.9 Å². The van der Waals surface area contributed by atoms with Crippen LogP contribution in [0.1, 0.15) is 12.5 Å². The summed E-state index contributed by atoms with van der Waals surface area (Å²) in [5.74, 6) is -0.810. The van der Waals surface area contributed by atoms with Crippen LogP contribution < -0.4 is 5.32 Å². The van der Waals surface area contributed by atoms with Crippen LogP contribution in [0, 0.1) is 0 Å². The minimum absolute atomic E-state index is 0.305. The van der Waals surface area contributed by atoms with E-state index in [2.05, 4.69) is 20.1 Å². The fourth-order valence-electron chi connectivity index (χ4n) is 1.57. The molecular weight excluding hydrogens is 248 g/mol. The van der Waals surface area contributed by atoms with E-state index in [1.165, 1.54) is 14.0 Å². The lowest BCUT2D eigenvalue weighted by molar-refractivity contribution is -0.144. The quantitative estimate of drug-likeness (QED) is 0.379. The van der Waals surface area contributed by atoms with E-state index >= 15 is 0 Å². The number of hydrogen-bond acceptors (Lipinski definition) is 4. The maximum absolute atomic E-state index is 11.5. The molecule has 1 atom stereocenters. The number of rotatable bonds is 5. The summed E-state index contributed by atoms with van der Waals surface area (Å²) in [6.07, 6.45) is 0.308. The highest BCUT2D eigenvalue weighted by Crippen LogP contribution is 2.14. The van der Waals surface area contributed by atoms with E-state index in [4.69, 9.17) is 5.53 Å². The van der Waals surface area contributed by atoms with Crippen LogP contribution in [0.5, 0.6) is 0 Å². The van der Waals surface area contributed by atoms with Gasteiger partial charge in [0.05, 0.1) is 7.11 Å². The van der Waals surface area contributed by atoms with Crippen LogP contribution in [0.2, 0.25) is 0 Å². The number of nitrogens with zero attached hydrogens (tertiary/aromatic N) is 3. The lowest BCUT2D eigenvalue weighted by Gasteiger charge is -2.15. The SMILES string of the molecule is COC(=O)C(Cc1ccc(N=[N+]=[N-])cc1)NC(C)=O. The predicted octanol–water partition coefficient (Wildman–Crippen LogP) is 1.85. The summed E-state index contributed by atoms with van der Waals surface area (Å²) in [5, 5.41) is 5.97. The third-order valence-electron chi connectivity index (χ3n) is 2.40. The lowest BCUT2D eigenvalue weighted by Crippen LogP contribution is -2.41. The van der Waals surface area contributed by atoms with Gasteiger partial charge in [-0.3, -0.25) is 4.79 Å². The average molecular weight is 262 g/mol. The largest absolute Gasteiger partial charge is 0.467 e. The van der Waals surface area contributed by atoms with Crippen molar-refractivity contribution in [2.24, 2.45) is 5.11 Å². The molecule has 0 aliphatic rings. The summed E-state index contributed by atoms with van der Waals surface area (Å²) in [4.78, 5) is 25.2. The Morgan fingerprint density at radius 2 is 2.05 bits per heavy atom. The van der Waals surface area contributed by atoms with Gasteiger partial charge < -0.3 is 10.1 Å². The molecule has 1 aromatic carbocycles. The van der Waals surface area contributed by atoms with Crippen molar-refractivity contribution in [3.8, 4) is 0 Å². The molecule has 0 heterocycles. The Kier molecular flexibility index (Phi) is 5.37. The molecule has 1 unspecified atom stereocenters. The first-order valence-corrected chi connectivity index (χ1v) is 5.55. The van der Waals surface area contributed by atoms with Crippen molar-refractivity contribution in [2.45, 2.75) is 19.4 Å². The maximum atomic E-state index is 11.5. The number of methoxy groups -OCH3 is 1. The molecule has 7 heteroatoms. The Labute approximate surface area is 110 Å². The second kappa shape index (κ2) is 7.03. The number of amides is 1. The first kappa shape index (κ1) is 14.5. The molecule has 0 bridgehead atoms. The van der Waals surface area contributed by atoms with Crippen molar-refractivity contribution >= 4 is 17.6 Å². The molecular formula is C12H14N4O3. The number of hydrogen-bond donors (Lipinski definition) is 1. The molecule has 7 nitrogen and oxygen atoms in total. The van der Waals surface area contributed by atoms with Crippen LogP contribution in [0.4, 0.5) is 5.69 Å². The monoisotopic (exact) mass is 262 g/mol. The van der Waals surface area contributed by atoms with Crippen molar-refractivity contribution < 1.29 is 14.3 Å². The van der Waals surface area contributed by atoms with Crippen LogP contribution in [0.15, 0.2) is 29.4 Å². The maximum Gasteiger partial charge on any atom is 0.328 e. The smallest absolute Gasteiger partial charge is 0.328 e. The topological polar surface area (TPSA) is 104 Å². The van der Waals surface area contributed by atoms with E-state index < -0.39 is 12.0 Å². The highest BCUT2D eigenvalue weighted by molar-refractivity contribution is 5.83. The average Bonchev–Trinajstić information content (AvgIpc) is 2.39. The standard InChI is InChI=1S/C12H14N4O3/c1-8(17)14-11(12(18)19-2)7-9-3-5-10(6-4-9)15-16-13/h3-6,11H,7H2,1-2H3,(H,14,17). The van der Waals surface area contributed by atoms with Crippen molar-refractivity contribution in [3.05, 3.63) is 40.3 Å². The molecule has 0 saturated heterocycles. The number of carbonyl (C=O) groups excluding carboxylic acids is 2. The highest BCUT2D eigenvalue weighted by Gasteiger charge is 2.20. The molecule has 1 rings (SSSR count). The minimum Gasteiger partial charge on any atom is -0.467 e. The van der Waals surface area contributed by atoms with E-state index in [0.717, 1.165) is 5.56 Å². The van der Waals surface area contributed by atoms with Gasteiger partial charge in [0.25, 0.3) is 0 Å². The Hall–Kier alpha value is -2.53. The highest BCUT2D eigenvalue weighted by atomic mass is 16.5. The summed E-state index contributed by atoms with van der Waals surface area (Å²) in [6, 6.07) is 5.99. The number of esters is 1. The summed E-state index contributed by atoms with van der Waals surface area (Å²) in [6.45, 7) is 1.33. The van der Waals surface area contributed by atoms with Crippen LogP contribution in [0.25, 0.3) is 10.4 Å². The van der Waals surface area contributed by atoms with Gasteiger partial charge >= 0.3 is 5.97 Å². The summed E-state index contributed by atoms with van der Waals surface area (Å²) in [5.41, 5.74) is 9.59. The van der Waals surface area contributed by atoms with Crippen molar-refractivity contribution in [2.75, 3.05) is 7.11 Å². The number of carbonyl (C=O) groups is 2. The number of nitrogens with one attached hydrogen (secondary N) is 1. The zero-order valence-electron chi connectivity index (χ0n) is 10.7. The number of benzene rings is 1.